The van der Waals surface area contributed by atoms with Crippen molar-refractivity contribution in [2.45, 2.75) is 26.2 Å². The number of phenolic OH excluding ortho intramolecular Hbond substituents is 1. The van der Waals surface area contributed by atoms with E-state index in [0.29, 0.717) is 13.0 Å². The van der Waals surface area contributed by atoms with Crippen LogP contribution < -0.4 is 0 Å². The summed E-state index contributed by atoms with van der Waals surface area (Å²) in [6.07, 6.45) is 3.96. The molecule has 0 fully saturated rings. The van der Waals surface area contributed by atoms with Gasteiger partial charge < -0.3 is 9.84 Å². The van der Waals surface area contributed by atoms with Crippen molar-refractivity contribution in [2.75, 3.05) is 6.61 Å². The third kappa shape index (κ3) is 4.99. The molecule has 0 aliphatic heterocycles. The maximum atomic E-state index is 11.4. The van der Waals surface area contributed by atoms with Crippen LogP contribution in [0.4, 0.5) is 0 Å². The number of rotatable bonds is 7. The smallest absolute Gasteiger partial charge is 0.305 e. The zero-order valence-electron chi connectivity index (χ0n) is 13.4. The Balaban J connectivity index is 2.16. The van der Waals surface area contributed by atoms with E-state index in [2.05, 4.69) is 6.08 Å². The molecular formula is C20H22O3. The van der Waals surface area contributed by atoms with Crippen LogP contribution in [0.5, 0.6) is 5.75 Å². The Morgan fingerprint density at radius 3 is 2.48 bits per heavy atom. The van der Waals surface area contributed by atoms with Crippen LogP contribution in [0.2, 0.25) is 0 Å². The second-order valence-electron chi connectivity index (χ2n) is 5.20. The van der Waals surface area contributed by atoms with Gasteiger partial charge in [-0.15, -0.1) is 0 Å². The van der Waals surface area contributed by atoms with Crippen molar-refractivity contribution in [3.8, 4) is 5.75 Å². The van der Waals surface area contributed by atoms with Gasteiger partial charge in [0.2, 0.25) is 0 Å². The van der Waals surface area contributed by atoms with Crippen LogP contribution in [-0.2, 0) is 9.53 Å². The van der Waals surface area contributed by atoms with E-state index in [-0.39, 0.29) is 11.7 Å². The highest BCUT2D eigenvalue weighted by Gasteiger charge is 2.09. The number of para-hydroxylation sites is 1. The number of allylic oxidation sites excluding steroid dienone is 1. The largest absolute Gasteiger partial charge is 0.507 e. The highest BCUT2D eigenvalue weighted by Crippen LogP contribution is 2.30. The molecule has 3 heteroatoms. The predicted molar refractivity (Wildman–Crippen MR) is 92.1 cm³/mol. The molecule has 23 heavy (non-hydrogen) atoms. The average molecular weight is 310 g/mol. The number of phenols is 1. The lowest BCUT2D eigenvalue weighted by molar-refractivity contribution is -0.143. The second kappa shape index (κ2) is 8.79. The highest BCUT2D eigenvalue weighted by atomic mass is 16.5. The van der Waals surface area contributed by atoms with Gasteiger partial charge in [-0.05, 0) is 37.0 Å². The predicted octanol–water partition coefficient (Wildman–Crippen LogP) is 4.56. The molecule has 0 amide bonds. The Bertz CT molecular complexity index is 660. The number of benzene rings is 2. The maximum absolute atomic E-state index is 11.4. The fraction of sp³-hybridized carbons (Fsp3) is 0.250. The second-order valence-corrected chi connectivity index (χ2v) is 5.20. The molecule has 0 saturated heterocycles. The minimum Gasteiger partial charge on any atom is -0.507 e. The minimum atomic E-state index is -0.162. The summed E-state index contributed by atoms with van der Waals surface area (Å²) in [5, 5.41) is 10.1. The summed E-state index contributed by atoms with van der Waals surface area (Å²) in [5.41, 5.74) is 2.83. The lowest BCUT2D eigenvalue weighted by atomic mass is 9.95. The van der Waals surface area contributed by atoms with Crippen LogP contribution in [0, 0.1) is 0 Å². The number of carbonyl (C=O) groups excluding carboxylic acids is 1. The van der Waals surface area contributed by atoms with Crippen LogP contribution in [-0.4, -0.2) is 17.7 Å². The number of carbonyl (C=O) groups is 1. The van der Waals surface area contributed by atoms with Crippen molar-refractivity contribution in [1.82, 2.24) is 0 Å². The van der Waals surface area contributed by atoms with Crippen LogP contribution in [0.3, 0.4) is 0 Å². The summed E-state index contributed by atoms with van der Waals surface area (Å²) in [4.78, 5) is 11.4. The molecule has 0 unspecified atom stereocenters. The summed E-state index contributed by atoms with van der Waals surface area (Å²) in [6.45, 7) is 2.23. The molecule has 2 aromatic carbocycles. The van der Waals surface area contributed by atoms with Gasteiger partial charge in [-0.1, -0.05) is 54.6 Å². The Hall–Kier alpha value is -2.55. The quantitative estimate of drug-likeness (QED) is 0.602. The summed E-state index contributed by atoms with van der Waals surface area (Å²) >= 11 is 0. The molecule has 0 radical (unpaired) electrons. The lowest BCUT2D eigenvalue weighted by Crippen LogP contribution is -2.02. The molecule has 2 rings (SSSR count). The summed E-state index contributed by atoms with van der Waals surface area (Å²) in [6, 6.07) is 17.3. The van der Waals surface area contributed by atoms with E-state index in [4.69, 9.17) is 4.74 Å². The molecule has 0 spiro atoms. The molecule has 0 heterocycles. The van der Waals surface area contributed by atoms with Gasteiger partial charge in [0.05, 0.1) is 6.61 Å². The Morgan fingerprint density at radius 2 is 1.78 bits per heavy atom. The molecular weight excluding hydrogens is 288 g/mol. The first-order valence-corrected chi connectivity index (χ1v) is 7.92. The van der Waals surface area contributed by atoms with Crippen molar-refractivity contribution >= 4 is 11.5 Å². The van der Waals surface area contributed by atoms with Gasteiger partial charge in [0, 0.05) is 12.0 Å². The van der Waals surface area contributed by atoms with Crippen LogP contribution in [0.25, 0.3) is 5.57 Å². The fourth-order valence-corrected chi connectivity index (χ4v) is 2.43. The molecule has 0 aliphatic carbocycles. The fourth-order valence-electron chi connectivity index (χ4n) is 2.43. The third-order valence-electron chi connectivity index (χ3n) is 3.52. The van der Waals surface area contributed by atoms with E-state index in [1.165, 1.54) is 0 Å². The molecule has 0 atom stereocenters. The molecule has 0 bridgehead atoms. The van der Waals surface area contributed by atoms with Gasteiger partial charge >= 0.3 is 5.97 Å². The average Bonchev–Trinajstić information content (AvgIpc) is 2.57. The molecule has 2 aromatic rings. The van der Waals surface area contributed by atoms with Crippen molar-refractivity contribution in [3.63, 3.8) is 0 Å². The van der Waals surface area contributed by atoms with Crippen LogP contribution in [0.1, 0.15) is 37.3 Å². The normalized spacial score (nSPS) is 11.3. The Labute approximate surface area is 137 Å². The molecule has 0 aliphatic rings. The van der Waals surface area contributed by atoms with E-state index in [1.807, 2.05) is 55.5 Å². The number of ether oxygens (including phenoxy) is 1. The first kappa shape index (κ1) is 16.8. The van der Waals surface area contributed by atoms with Crippen molar-refractivity contribution in [2.24, 2.45) is 0 Å². The van der Waals surface area contributed by atoms with E-state index in [9.17, 15) is 9.90 Å². The molecule has 3 nitrogen and oxygen atoms in total. The first-order valence-electron chi connectivity index (χ1n) is 7.92. The highest BCUT2D eigenvalue weighted by molar-refractivity contribution is 5.82. The minimum absolute atomic E-state index is 0.162. The third-order valence-corrected chi connectivity index (χ3v) is 3.52. The Morgan fingerprint density at radius 1 is 1.09 bits per heavy atom. The van der Waals surface area contributed by atoms with Gasteiger partial charge in [0.15, 0.2) is 0 Å². The number of unbranched alkanes of at least 4 members (excludes halogenated alkanes) is 1. The maximum Gasteiger partial charge on any atom is 0.305 e. The molecule has 1 N–H and O–H groups in total. The molecule has 0 saturated carbocycles. The summed E-state index contributed by atoms with van der Waals surface area (Å²) in [5.74, 6) is 0.0951. The Kier molecular flexibility index (Phi) is 6.42. The van der Waals surface area contributed by atoms with Crippen molar-refractivity contribution < 1.29 is 14.6 Å². The van der Waals surface area contributed by atoms with E-state index in [1.54, 1.807) is 6.07 Å². The number of hydrogen-bond donors (Lipinski definition) is 1. The van der Waals surface area contributed by atoms with E-state index >= 15 is 0 Å². The summed E-state index contributed by atoms with van der Waals surface area (Å²) < 4.78 is 4.94. The summed E-state index contributed by atoms with van der Waals surface area (Å²) in [7, 11) is 0. The standard InChI is InChI=1S/C20H22O3/c1-2-23-20(22)15-9-7-12-17(16-10-4-3-5-11-16)18-13-6-8-14-19(18)21/h3-6,8,10-14,21H,2,7,9,15H2,1H3/b17-12+. The number of hydrogen-bond acceptors (Lipinski definition) is 3. The number of aromatic hydroxyl groups is 1. The van der Waals surface area contributed by atoms with Gasteiger partial charge in [-0.3, -0.25) is 4.79 Å². The zero-order chi connectivity index (χ0) is 16.5. The SMILES string of the molecule is CCOC(=O)CCC/C=C(\c1ccccc1)c1ccccc1O. The van der Waals surface area contributed by atoms with Gasteiger partial charge in [-0.2, -0.15) is 0 Å². The number of esters is 1. The topological polar surface area (TPSA) is 46.5 Å². The molecule has 120 valence electrons. The van der Waals surface area contributed by atoms with Crippen LogP contribution >= 0.6 is 0 Å². The van der Waals surface area contributed by atoms with Crippen molar-refractivity contribution in [3.05, 3.63) is 71.8 Å². The van der Waals surface area contributed by atoms with Crippen molar-refractivity contribution in [1.29, 1.82) is 0 Å². The van der Waals surface area contributed by atoms with Gasteiger partial charge in [-0.25, -0.2) is 0 Å². The van der Waals surface area contributed by atoms with Gasteiger partial charge in [0.1, 0.15) is 5.75 Å². The monoisotopic (exact) mass is 310 g/mol. The van der Waals surface area contributed by atoms with E-state index < -0.39 is 0 Å². The lowest BCUT2D eigenvalue weighted by Gasteiger charge is -2.10. The zero-order valence-corrected chi connectivity index (χ0v) is 13.4. The van der Waals surface area contributed by atoms with Crippen LogP contribution in [0.15, 0.2) is 60.7 Å². The van der Waals surface area contributed by atoms with Gasteiger partial charge in [0.25, 0.3) is 0 Å². The van der Waals surface area contributed by atoms with E-state index in [0.717, 1.165) is 29.5 Å². The molecule has 0 aromatic heterocycles. The first-order chi connectivity index (χ1) is 11.2.